The zero-order valence-corrected chi connectivity index (χ0v) is 34.4. The zero-order valence-electron chi connectivity index (χ0n) is 33.6. The number of quaternary nitrogens is 1. The Morgan fingerprint density at radius 3 is 0.714 bits per heavy atom. The molecule has 0 spiro atoms. The highest BCUT2D eigenvalue weighted by Gasteiger charge is 2.99. The van der Waals surface area contributed by atoms with Gasteiger partial charge in [-0.2, -0.15) is 110 Å². The van der Waals surface area contributed by atoms with Gasteiger partial charge >= 0.3 is 70.7 Å². The Morgan fingerprint density at radius 1 is 0.333 bits per heavy atom. The van der Waals surface area contributed by atoms with Crippen molar-refractivity contribution >= 4 is 10.1 Å². The van der Waals surface area contributed by atoms with Gasteiger partial charge < -0.3 is 9.04 Å². The van der Waals surface area contributed by atoms with Crippen LogP contribution in [-0.2, 0) is 10.1 Å². The van der Waals surface area contributed by atoms with Crippen LogP contribution >= 0.6 is 0 Å². The summed E-state index contributed by atoms with van der Waals surface area (Å²) in [5.41, 5.74) is 0. The van der Waals surface area contributed by atoms with Gasteiger partial charge in [0.1, 0.15) is 0 Å². The van der Waals surface area contributed by atoms with E-state index in [0.29, 0.717) is 0 Å². The Morgan fingerprint density at radius 2 is 0.524 bits per heavy atom. The number of halogens is 25. The van der Waals surface area contributed by atoms with E-state index in [1.54, 1.807) is 0 Å². The average molecular weight is 1010 g/mol. The second-order valence-corrected chi connectivity index (χ2v) is 17.0. The van der Waals surface area contributed by atoms with E-state index < -0.39 is 80.8 Å². The van der Waals surface area contributed by atoms with Crippen molar-refractivity contribution in [2.45, 2.75) is 180 Å². The standard InChI is InChI=1S/C21H46N.C12HF25O3S/c1-5-6-7-8-9-10-11-12-13-14-15-16-17-18-19-20-21-22(2,3)4;13-1(14,3(17,18)5(21,22)7(25,26)9(29,30)11(33,34)35)2(15,16)4(19,20)6(23,24)8(27,28)10(31,32)12(36,37)41(38,39)40/h5-21H2,1-4H3;(H,38,39,40)/q+1;/p-1. The summed E-state index contributed by atoms with van der Waals surface area (Å²) in [6.45, 7) is 3.63. The van der Waals surface area contributed by atoms with Crippen LogP contribution in [0.15, 0.2) is 0 Å². The molecule has 382 valence electrons. The van der Waals surface area contributed by atoms with Gasteiger partial charge in [0.05, 0.1) is 27.7 Å². The topological polar surface area (TPSA) is 57.2 Å². The molecule has 0 amide bonds. The molecule has 63 heavy (non-hydrogen) atoms. The second kappa shape index (κ2) is 21.4. The molecule has 0 N–H and O–H groups in total. The van der Waals surface area contributed by atoms with Crippen molar-refractivity contribution in [3.05, 3.63) is 0 Å². The Balaban J connectivity index is 0. The lowest BCUT2D eigenvalue weighted by Crippen LogP contribution is -2.78. The van der Waals surface area contributed by atoms with E-state index in [2.05, 4.69) is 28.1 Å². The first-order chi connectivity index (χ1) is 27.6. The van der Waals surface area contributed by atoms with Crippen LogP contribution in [0.2, 0.25) is 0 Å². The second-order valence-electron chi connectivity index (χ2n) is 15.5. The summed E-state index contributed by atoms with van der Waals surface area (Å²) in [5, 5.41) is -8.33. The summed E-state index contributed by atoms with van der Waals surface area (Å²) in [7, 11) is -1.60. The summed E-state index contributed by atoms with van der Waals surface area (Å²) < 4.78 is 357. The zero-order chi connectivity index (χ0) is 51.0. The number of rotatable bonds is 28. The molecule has 0 aliphatic carbocycles. The fourth-order valence-electron chi connectivity index (χ4n) is 5.23. The maximum atomic E-state index is 13.5. The monoisotopic (exact) mass is 1010 g/mol. The number of unbranched alkanes of at least 4 members (excludes halogenated alkanes) is 15. The lowest BCUT2D eigenvalue weighted by atomic mass is 9.85. The largest absolute Gasteiger partial charge is 0.743 e. The van der Waals surface area contributed by atoms with E-state index >= 15 is 0 Å². The SMILES string of the molecule is CCCCCCCCCCCCCCCCCC[N+](C)(C)C.O=S(=O)([O-])C(F)(F)C(F)(F)C(F)(F)C(F)(F)C(F)(F)C(F)(F)C(F)(F)C(F)(F)C(F)(F)C(F)(F)C(F)(F)C(F)(F)F. The molecular weight excluding hydrogens is 965 g/mol. The smallest absolute Gasteiger partial charge is 0.460 e. The van der Waals surface area contributed by atoms with Gasteiger partial charge in [0, 0.05) is 0 Å². The Kier molecular flexibility index (Phi) is 21.5. The van der Waals surface area contributed by atoms with E-state index in [1.165, 1.54) is 109 Å². The molecule has 0 aliphatic heterocycles. The Hall–Kier alpha value is -1.88. The van der Waals surface area contributed by atoms with Crippen molar-refractivity contribution < 1.29 is 127 Å². The average Bonchev–Trinajstić information content (AvgIpc) is 3.09. The van der Waals surface area contributed by atoms with Gasteiger partial charge in [-0.25, -0.2) is 8.42 Å². The third-order valence-electron chi connectivity index (χ3n) is 9.27. The van der Waals surface area contributed by atoms with Gasteiger partial charge in [0.15, 0.2) is 10.1 Å². The van der Waals surface area contributed by atoms with Crippen LogP contribution in [0.5, 0.6) is 0 Å². The summed E-state index contributed by atoms with van der Waals surface area (Å²) in [5.74, 6) is -94.2. The van der Waals surface area contributed by atoms with Crippen molar-refractivity contribution in [3.63, 3.8) is 0 Å². The highest BCUT2D eigenvalue weighted by Crippen LogP contribution is 2.68. The van der Waals surface area contributed by atoms with Crippen molar-refractivity contribution in [1.82, 2.24) is 0 Å². The van der Waals surface area contributed by atoms with E-state index in [-0.39, 0.29) is 0 Å². The fourth-order valence-corrected chi connectivity index (χ4v) is 5.67. The number of hydrogen-bond donors (Lipinski definition) is 0. The molecule has 0 aromatic carbocycles. The van der Waals surface area contributed by atoms with Crippen molar-refractivity contribution in [1.29, 1.82) is 0 Å². The molecule has 0 aromatic rings. The highest BCUT2D eigenvalue weighted by atomic mass is 32.2. The molecule has 0 radical (unpaired) electrons. The summed E-state index contributed by atoms with van der Waals surface area (Å²) in [6.07, 6.45) is 15.1. The van der Waals surface area contributed by atoms with Gasteiger partial charge in [-0.1, -0.05) is 96.8 Å². The number of nitrogens with zero attached hydrogens (tertiary/aromatic N) is 1. The van der Waals surface area contributed by atoms with Gasteiger partial charge in [0.2, 0.25) is 0 Å². The summed E-state index contributed by atoms with van der Waals surface area (Å²) >= 11 is 0. The van der Waals surface area contributed by atoms with Crippen molar-refractivity contribution in [3.8, 4) is 0 Å². The predicted octanol–water partition coefficient (Wildman–Crippen LogP) is 14.0. The molecule has 0 atom stereocenters. The van der Waals surface area contributed by atoms with Crippen molar-refractivity contribution in [2.24, 2.45) is 0 Å². The number of alkyl halides is 25. The molecule has 0 saturated heterocycles. The third-order valence-corrected chi connectivity index (χ3v) is 10.2. The molecule has 0 rings (SSSR count). The minimum absolute atomic E-state index is 1.12. The molecule has 0 aliphatic rings. The first-order valence-corrected chi connectivity index (χ1v) is 20.0. The van der Waals surface area contributed by atoms with Crippen LogP contribution < -0.4 is 0 Å². The van der Waals surface area contributed by atoms with Gasteiger partial charge in [-0.05, 0) is 12.8 Å². The first-order valence-electron chi connectivity index (χ1n) is 18.5. The molecule has 0 heterocycles. The van der Waals surface area contributed by atoms with Gasteiger partial charge in [-0.15, -0.1) is 0 Å². The van der Waals surface area contributed by atoms with E-state index in [0.717, 1.165) is 4.48 Å². The maximum absolute atomic E-state index is 13.5. The van der Waals surface area contributed by atoms with Crippen LogP contribution in [-0.4, -0.2) is 116 Å². The van der Waals surface area contributed by atoms with E-state index in [9.17, 15) is 123 Å². The van der Waals surface area contributed by atoms with Crippen LogP contribution in [0.3, 0.4) is 0 Å². The molecule has 0 saturated carbocycles. The lowest BCUT2D eigenvalue weighted by Gasteiger charge is -2.45. The first kappa shape index (κ1) is 63.2. The third kappa shape index (κ3) is 13.0. The predicted molar refractivity (Wildman–Crippen MR) is 173 cm³/mol. The highest BCUT2D eigenvalue weighted by molar-refractivity contribution is 7.86. The maximum Gasteiger partial charge on any atom is 0.460 e. The molecule has 0 bridgehead atoms. The fraction of sp³-hybridized carbons (Fsp3) is 1.00. The lowest BCUT2D eigenvalue weighted by molar-refractivity contribution is -0.870. The van der Waals surface area contributed by atoms with Crippen LogP contribution in [0.4, 0.5) is 110 Å². The molecule has 0 fully saturated rings. The van der Waals surface area contributed by atoms with E-state index in [4.69, 9.17) is 0 Å². The molecular formula is C33H46F25NO3S. The van der Waals surface area contributed by atoms with Crippen LogP contribution in [0, 0.1) is 0 Å². The minimum Gasteiger partial charge on any atom is -0.743 e. The summed E-state index contributed by atoms with van der Waals surface area (Å²) in [6, 6.07) is 0. The molecule has 0 unspecified atom stereocenters. The Labute approximate surface area is 345 Å². The van der Waals surface area contributed by atoms with Crippen LogP contribution in [0.25, 0.3) is 0 Å². The molecule has 0 aromatic heterocycles. The van der Waals surface area contributed by atoms with Crippen LogP contribution in [0.1, 0.15) is 110 Å². The summed E-state index contributed by atoms with van der Waals surface area (Å²) in [4.78, 5) is 0. The normalized spacial score (nSPS) is 15.4. The quantitative estimate of drug-likeness (QED) is 0.0340. The van der Waals surface area contributed by atoms with Gasteiger partial charge in [-0.3, -0.25) is 0 Å². The van der Waals surface area contributed by atoms with Gasteiger partial charge in [0.25, 0.3) is 0 Å². The minimum atomic E-state index is -9.77. The molecule has 4 nitrogen and oxygen atoms in total. The van der Waals surface area contributed by atoms with E-state index in [1.807, 2.05) is 0 Å². The van der Waals surface area contributed by atoms with Crippen molar-refractivity contribution in [2.75, 3.05) is 27.7 Å². The molecule has 30 heteroatoms. The number of hydrogen-bond acceptors (Lipinski definition) is 3. The Bertz CT molecular complexity index is 1490.